The first-order valence-electron chi connectivity index (χ1n) is 8.76. The van der Waals surface area contributed by atoms with Gasteiger partial charge in [0.15, 0.2) is 6.23 Å². The van der Waals surface area contributed by atoms with Crippen LogP contribution >= 0.6 is 0 Å². The number of hydrogen-bond donors (Lipinski definition) is 2. The van der Waals surface area contributed by atoms with Gasteiger partial charge >= 0.3 is 0 Å². The van der Waals surface area contributed by atoms with Crippen LogP contribution in [0.1, 0.15) is 32.3 Å². The molecule has 0 spiro atoms. The van der Waals surface area contributed by atoms with Gasteiger partial charge in [-0.3, -0.25) is 15.2 Å². The molecule has 0 saturated heterocycles. The van der Waals surface area contributed by atoms with E-state index in [1.807, 2.05) is 69.3 Å². The van der Waals surface area contributed by atoms with Crippen molar-refractivity contribution in [1.82, 2.24) is 5.43 Å². The van der Waals surface area contributed by atoms with E-state index in [0.717, 1.165) is 16.7 Å². The van der Waals surface area contributed by atoms with Crippen LogP contribution in [0.15, 0.2) is 48.5 Å². The Hall–Kier alpha value is -2.44. The van der Waals surface area contributed by atoms with E-state index in [1.165, 1.54) is 5.01 Å². The number of amides is 1. The number of halogens is 1. The number of hydrogen-bond acceptors (Lipinski definition) is 4. The van der Waals surface area contributed by atoms with Gasteiger partial charge < -0.3 is 5.73 Å². The molecule has 3 atom stereocenters. The minimum atomic E-state index is -1.01. The minimum absolute atomic E-state index is 0.0448. The van der Waals surface area contributed by atoms with Gasteiger partial charge in [0.25, 0.3) is 5.91 Å². The SMILES string of the molecule is CC1c2ccccc2-c2ccccc2N(NC(=O)[C@@H](N)C(C)C)C1OF. The van der Waals surface area contributed by atoms with Crippen LogP contribution in [-0.4, -0.2) is 18.2 Å². The molecule has 0 aromatic heterocycles. The highest BCUT2D eigenvalue weighted by Crippen LogP contribution is 2.42. The Labute approximate surface area is 152 Å². The highest BCUT2D eigenvalue weighted by Gasteiger charge is 2.36. The summed E-state index contributed by atoms with van der Waals surface area (Å²) in [4.78, 5) is 16.9. The maximum absolute atomic E-state index is 13.6. The molecule has 0 aliphatic carbocycles. The molecule has 0 fully saturated rings. The summed E-state index contributed by atoms with van der Waals surface area (Å²) < 4.78 is 13.6. The fourth-order valence-corrected chi connectivity index (χ4v) is 3.30. The quantitative estimate of drug-likeness (QED) is 0.879. The van der Waals surface area contributed by atoms with E-state index in [2.05, 4.69) is 10.4 Å². The van der Waals surface area contributed by atoms with Gasteiger partial charge in [0, 0.05) is 11.5 Å². The molecule has 1 aliphatic heterocycles. The topological polar surface area (TPSA) is 67.6 Å². The zero-order valence-electron chi connectivity index (χ0n) is 15.1. The number of para-hydroxylation sites is 1. The molecule has 6 heteroatoms. The standard InChI is InChI=1S/C20H24FN3O2/c1-12(2)18(22)19(25)23-24-17-11-7-6-10-16(17)15-9-5-4-8-14(15)13(3)20(24)26-21/h4-13,18,20H,22H2,1-3H3,(H,23,25)/t13?,18-,20?/m0/s1. The number of fused-ring (bicyclic) bond motifs is 3. The van der Waals surface area contributed by atoms with Gasteiger partial charge in [0.2, 0.25) is 0 Å². The molecule has 3 rings (SSSR count). The van der Waals surface area contributed by atoms with Crippen LogP contribution in [0, 0.1) is 5.92 Å². The summed E-state index contributed by atoms with van der Waals surface area (Å²) in [5, 5.41) is 1.45. The first-order chi connectivity index (χ1) is 12.5. The molecule has 1 amide bonds. The predicted molar refractivity (Wildman–Crippen MR) is 99.7 cm³/mol. The Kier molecular flexibility index (Phi) is 5.25. The summed E-state index contributed by atoms with van der Waals surface area (Å²) in [6.07, 6.45) is -1.01. The average Bonchev–Trinajstić information content (AvgIpc) is 2.75. The van der Waals surface area contributed by atoms with Gasteiger partial charge in [-0.2, -0.15) is 4.94 Å². The van der Waals surface area contributed by atoms with Crippen LogP contribution in [0.2, 0.25) is 0 Å². The van der Waals surface area contributed by atoms with Crippen LogP contribution in [0.3, 0.4) is 0 Å². The summed E-state index contributed by atoms with van der Waals surface area (Å²) in [6.45, 7) is 5.60. The first kappa shape index (κ1) is 18.4. The second-order valence-electron chi connectivity index (χ2n) is 6.99. The van der Waals surface area contributed by atoms with E-state index in [0.29, 0.717) is 5.69 Å². The van der Waals surface area contributed by atoms with Crippen LogP contribution in [0.25, 0.3) is 11.1 Å². The average molecular weight is 357 g/mol. The normalized spacial score (nSPS) is 20.2. The molecular formula is C20H24FN3O2. The highest BCUT2D eigenvalue weighted by atomic mass is 19.3. The molecule has 1 aliphatic rings. The molecule has 26 heavy (non-hydrogen) atoms. The van der Waals surface area contributed by atoms with E-state index < -0.39 is 12.3 Å². The number of hydrazine groups is 1. The fourth-order valence-electron chi connectivity index (χ4n) is 3.30. The van der Waals surface area contributed by atoms with Gasteiger partial charge in [-0.05, 0) is 27.6 Å². The van der Waals surface area contributed by atoms with E-state index in [4.69, 9.17) is 5.73 Å². The smallest absolute Gasteiger partial charge is 0.255 e. The molecule has 0 radical (unpaired) electrons. The number of rotatable bonds is 4. The maximum Gasteiger partial charge on any atom is 0.255 e. The molecule has 0 bridgehead atoms. The van der Waals surface area contributed by atoms with Crippen molar-refractivity contribution in [3.63, 3.8) is 0 Å². The number of nitrogens with two attached hydrogens (primary N) is 1. The van der Waals surface area contributed by atoms with Crippen molar-refractivity contribution in [2.24, 2.45) is 11.7 Å². The van der Waals surface area contributed by atoms with E-state index >= 15 is 0 Å². The summed E-state index contributed by atoms with van der Waals surface area (Å²) in [7, 11) is 0. The van der Waals surface area contributed by atoms with Gasteiger partial charge in [-0.15, -0.1) is 0 Å². The number of nitrogens with zero attached hydrogens (tertiary/aromatic N) is 1. The van der Waals surface area contributed by atoms with Crippen molar-refractivity contribution in [2.75, 3.05) is 5.01 Å². The Morgan fingerprint density at radius 3 is 2.42 bits per heavy atom. The lowest BCUT2D eigenvalue weighted by molar-refractivity contribution is -0.188. The maximum atomic E-state index is 13.6. The number of benzene rings is 2. The Morgan fingerprint density at radius 1 is 1.15 bits per heavy atom. The first-order valence-corrected chi connectivity index (χ1v) is 8.76. The second-order valence-corrected chi connectivity index (χ2v) is 6.99. The molecular weight excluding hydrogens is 333 g/mol. The van der Waals surface area contributed by atoms with Crippen molar-refractivity contribution >= 4 is 11.6 Å². The van der Waals surface area contributed by atoms with Crippen molar-refractivity contribution in [3.8, 4) is 11.1 Å². The molecule has 138 valence electrons. The predicted octanol–water partition coefficient (Wildman–Crippen LogP) is 3.52. The molecule has 5 nitrogen and oxygen atoms in total. The summed E-state index contributed by atoms with van der Waals surface area (Å²) in [5.74, 6) is -0.745. The highest BCUT2D eigenvalue weighted by molar-refractivity contribution is 5.87. The zero-order valence-corrected chi connectivity index (χ0v) is 15.1. The van der Waals surface area contributed by atoms with Crippen molar-refractivity contribution in [2.45, 2.75) is 39.0 Å². The minimum Gasteiger partial charge on any atom is -0.320 e. The van der Waals surface area contributed by atoms with E-state index in [-0.39, 0.29) is 17.7 Å². The van der Waals surface area contributed by atoms with Crippen molar-refractivity contribution in [3.05, 3.63) is 54.1 Å². The molecule has 2 aromatic carbocycles. The van der Waals surface area contributed by atoms with Crippen LogP contribution < -0.4 is 16.2 Å². The molecule has 0 saturated carbocycles. The Morgan fingerprint density at radius 2 is 1.77 bits per heavy atom. The van der Waals surface area contributed by atoms with Gasteiger partial charge in [0.1, 0.15) is 0 Å². The third-order valence-electron chi connectivity index (χ3n) is 4.93. The molecule has 2 unspecified atom stereocenters. The number of carbonyl (C=O) groups is 1. The summed E-state index contributed by atoms with van der Waals surface area (Å²) in [5.41, 5.74) is 12.2. The van der Waals surface area contributed by atoms with Gasteiger partial charge in [-0.1, -0.05) is 63.2 Å². The molecule has 1 heterocycles. The third-order valence-corrected chi connectivity index (χ3v) is 4.93. The second kappa shape index (κ2) is 7.43. The monoisotopic (exact) mass is 357 g/mol. The lowest BCUT2D eigenvalue weighted by atomic mass is 9.92. The van der Waals surface area contributed by atoms with Crippen LogP contribution in [0.5, 0.6) is 0 Å². The van der Waals surface area contributed by atoms with Crippen LogP contribution in [-0.2, 0) is 9.74 Å². The van der Waals surface area contributed by atoms with Gasteiger partial charge in [-0.25, -0.2) is 0 Å². The summed E-state index contributed by atoms with van der Waals surface area (Å²) >= 11 is 0. The van der Waals surface area contributed by atoms with Crippen molar-refractivity contribution in [1.29, 1.82) is 0 Å². The van der Waals surface area contributed by atoms with E-state index in [1.54, 1.807) is 0 Å². The van der Waals surface area contributed by atoms with E-state index in [9.17, 15) is 9.32 Å². The van der Waals surface area contributed by atoms with Crippen LogP contribution in [0.4, 0.5) is 10.2 Å². The van der Waals surface area contributed by atoms with Gasteiger partial charge in [0.05, 0.1) is 11.7 Å². The molecule has 2 aromatic rings. The number of anilines is 1. The lowest BCUT2D eigenvalue weighted by Crippen LogP contribution is -2.56. The number of nitrogens with one attached hydrogen (secondary N) is 1. The fraction of sp³-hybridized carbons (Fsp3) is 0.350. The zero-order chi connectivity index (χ0) is 18.8. The lowest BCUT2D eigenvalue weighted by Gasteiger charge is -2.34. The van der Waals surface area contributed by atoms with Crippen molar-refractivity contribution < 1.29 is 14.3 Å². The Bertz CT molecular complexity index is 796. The summed E-state index contributed by atoms with van der Waals surface area (Å²) in [6, 6.07) is 14.6. The third kappa shape index (κ3) is 3.18. The largest absolute Gasteiger partial charge is 0.320 e. The Balaban J connectivity index is 2.11. The number of carbonyl (C=O) groups excluding carboxylic acids is 1. The molecule has 3 N–H and O–H groups in total.